The number of hydrogen-bond donors (Lipinski definition) is 3. The number of aliphatic imine (C=N–C) groups is 1. The Kier molecular flexibility index (Phi) is 4.11. The van der Waals surface area contributed by atoms with E-state index in [1.807, 2.05) is 6.07 Å². The van der Waals surface area contributed by atoms with Crippen molar-refractivity contribution in [2.24, 2.45) is 4.99 Å². The molecule has 0 atom stereocenters. The van der Waals surface area contributed by atoms with Crippen LogP contribution >= 0.6 is 11.6 Å². The van der Waals surface area contributed by atoms with E-state index in [0.717, 1.165) is 5.39 Å². The fourth-order valence-corrected chi connectivity index (χ4v) is 2.34. The molecule has 1 heterocycles. The summed E-state index contributed by atoms with van der Waals surface area (Å²) in [5.74, 6) is 0.772. The van der Waals surface area contributed by atoms with Crippen LogP contribution < -0.4 is 5.48 Å². The Hall–Kier alpha value is -2.34. The first-order valence-electron chi connectivity index (χ1n) is 6.57. The molecule has 2 aromatic carbocycles. The molecule has 3 N–H and O–H groups in total. The summed E-state index contributed by atoms with van der Waals surface area (Å²) in [6, 6.07) is 14.1. The highest BCUT2D eigenvalue weighted by atomic mass is 35.5. The number of aliphatic hydroxyl groups is 1. The van der Waals surface area contributed by atoms with Crippen LogP contribution in [-0.4, -0.2) is 16.1 Å². The minimum absolute atomic E-state index is 0.161. The molecule has 0 aliphatic heterocycles. The average molecular weight is 317 g/mol. The summed E-state index contributed by atoms with van der Waals surface area (Å²) in [4.78, 5) is 4.33. The van der Waals surface area contributed by atoms with Gasteiger partial charge in [0, 0.05) is 16.0 Å². The van der Waals surface area contributed by atoms with Crippen molar-refractivity contribution in [2.75, 3.05) is 0 Å². The molecule has 1 aromatic heterocycles. The van der Waals surface area contributed by atoms with Gasteiger partial charge in [0.1, 0.15) is 18.0 Å². The Labute approximate surface area is 131 Å². The average Bonchev–Trinajstić information content (AvgIpc) is 2.95. The molecule has 0 radical (unpaired) electrons. The Bertz CT molecular complexity index is 842. The second-order valence-corrected chi connectivity index (χ2v) is 5.11. The molecule has 0 aliphatic rings. The molecule has 0 amide bonds. The number of halogens is 1. The molecule has 0 saturated carbocycles. The number of aliphatic hydroxyl groups excluding tert-OH is 1. The van der Waals surface area contributed by atoms with Crippen LogP contribution in [0.4, 0.5) is 5.69 Å². The van der Waals surface area contributed by atoms with E-state index in [4.69, 9.17) is 21.1 Å². The second-order valence-electron chi connectivity index (χ2n) is 4.68. The molecule has 5 nitrogen and oxygen atoms in total. The molecule has 0 bridgehead atoms. The standard InChI is InChI=1S/C16H13ClN2O3/c17-12-2-1-3-13(8-12)18-16(19-21)10-4-5-15-11(6-10)7-14(9-20)22-15/h1-8,20-21H,9H2,(H,18,19). The molecular weight excluding hydrogens is 304 g/mol. The fraction of sp³-hybridized carbons (Fsp3) is 0.0625. The fourth-order valence-electron chi connectivity index (χ4n) is 2.15. The van der Waals surface area contributed by atoms with Gasteiger partial charge in [-0.1, -0.05) is 17.7 Å². The molecule has 6 heteroatoms. The van der Waals surface area contributed by atoms with Crippen LogP contribution in [0.3, 0.4) is 0 Å². The Morgan fingerprint density at radius 2 is 2.05 bits per heavy atom. The third-order valence-electron chi connectivity index (χ3n) is 3.15. The summed E-state index contributed by atoms with van der Waals surface area (Å²) in [5, 5.41) is 19.8. The molecule has 0 fully saturated rings. The number of rotatable bonds is 3. The van der Waals surface area contributed by atoms with Crippen molar-refractivity contribution < 1.29 is 14.7 Å². The van der Waals surface area contributed by atoms with Crippen LogP contribution in [0.2, 0.25) is 5.02 Å². The summed E-state index contributed by atoms with van der Waals surface area (Å²) in [6.07, 6.45) is 0. The maximum absolute atomic E-state index is 9.36. The quantitative estimate of drug-likeness (QED) is 0.391. The predicted octanol–water partition coefficient (Wildman–Crippen LogP) is 3.64. The van der Waals surface area contributed by atoms with Gasteiger partial charge >= 0.3 is 0 Å². The zero-order valence-electron chi connectivity index (χ0n) is 11.5. The van der Waals surface area contributed by atoms with Gasteiger partial charge in [-0.3, -0.25) is 10.7 Å². The van der Waals surface area contributed by atoms with E-state index in [2.05, 4.69) is 10.5 Å². The summed E-state index contributed by atoms with van der Waals surface area (Å²) in [7, 11) is 0. The number of hydroxylamine groups is 1. The van der Waals surface area contributed by atoms with E-state index in [0.29, 0.717) is 27.6 Å². The molecule has 22 heavy (non-hydrogen) atoms. The van der Waals surface area contributed by atoms with E-state index in [-0.39, 0.29) is 12.4 Å². The molecule has 0 aliphatic carbocycles. The maximum atomic E-state index is 9.36. The largest absolute Gasteiger partial charge is 0.459 e. The minimum atomic E-state index is -0.161. The zero-order valence-corrected chi connectivity index (χ0v) is 12.2. The number of nitrogens with one attached hydrogen (secondary N) is 1. The molecule has 0 spiro atoms. The van der Waals surface area contributed by atoms with Gasteiger partial charge in [0.05, 0.1) is 5.69 Å². The normalized spacial score (nSPS) is 11.9. The summed E-state index contributed by atoms with van der Waals surface area (Å²) < 4.78 is 5.43. The number of furan rings is 1. The lowest BCUT2D eigenvalue weighted by molar-refractivity contribution is 0.235. The van der Waals surface area contributed by atoms with Crippen LogP contribution in [0.1, 0.15) is 11.3 Å². The van der Waals surface area contributed by atoms with Crippen LogP contribution in [0.25, 0.3) is 11.0 Å². The Balaban J connectivity index is 2.02. The Morgan fingerprint density at radius 3 is 2.77 bits per heavy atom. The molecule has 3 rings (SSSR count). The van der Waals surface area contributed by atoms with E-state index in [1.165, 1.54) is 0 Å². The van der Waals surface area contributed by atoms with Gasteiger partial charge in [-0.05, 0) is 42.5 Å². The van der Waals surface area contributed by atoms with Crippen molar-refractivity contribution >= 4 is 34.1 Å². The van der Waals surface area contributed by atoms with Gasteiger partial charge in [0.25, 0.3) is 0 Å². The number of amidine groups is 1. The summed E-state index contributed by atoms with van der Waals surface area (Å²) in [5.41, 5.74) is 4.06. The Morgan fingerprint density at radius 1 is 1.18 bits per heavy atom. The second kappa shape index (κ2) is 6.19. The monoisotopic (exact) mass is 316 g/mol. The highest BCUT2D eigenvalue weighted by molar-refractivity contribution is 6.30. The lowest BCUT2D eigenvalue weighted by Gasteiger charge is -2.05. The van der Waals surface area contributed by atoms with Crippen molar-refractivity contribution in [2.45, 2.75) is 6.61 Å². The number of nitrogens with zero attached hydrogens (tertiary/aromatic N) is 1. The summed E-state index contributed by atoms with van der Waals surface area (Å²) >= 11 is 5.93. The first-order valence-corrected chi connectivity index (χ1v) is 6.95. The van der Waals surface area contributed by atoms with Crippen LogP contribution in [-0.2, 0) is 6.61 Å². The van der Waals surface area contributed by atoms with Gasteiger partial charge in [0.15, 0.2) is 5.84 Å². The van der Waals surface area contributed by atoms with E-state index < -0.39 is 0 Å². The van der Waals surface area contributed by atoms with Gasteiger partial charge in [0.2, 0.25) is 0 Å². The number of hydrogen-bond acceptors (Lipinski definition) is 4. The van der Waals surface area contributed by atoms with Gasteiger partial charge in [-0.2, -0.15) is 0 Å². The molecule has 112 valence electrons. The smallest absolute Gasteiger partial charge is 0.157 e. The lowest BCUT2D eigenvalue weighted by atomic mass is 10.1. The first kappa shape index (κ1) is 14.6. The van der Waals surface area contributed by atoms with E-state index in [1.54, 1.807) is 42.5 Å². The van der Waals surface area contributed by atoms with Gasteiger partial charge < -0.3 is 9.52 Å². The molecule has 0 saturated heterocycles. The third-order valence-corrected chi connectivity index (χ3v) is 3.39. The van der Waals surface area contributed by atoms with Crippen molar-refractivity contribution in [1.82, 2.24) is 5.48 Å². The van der Waals surface area contributed by atoms with Crippen LogP contribution in [0, 0.1) is 0 Å². The highest BCUT2D eigenvalue weighted by Crippen LogP contribution is 2.23. The van der Waals surface area contributed by atoms with Crippen molar-refractivity contribution in [3.8, 4) is 0 Å². The summed E-state index contributed by atoms with van der Waals surface area (Å²) in [6.45, 7) is -0.161. The highest BCUT2D eigenvalue weighted by Gasteiger charge is 2.08. The van der Waals surface area contributed by atoms with Crippen LogP contribution in [0.5, 0.6) is 0 Å². The number of benzene rings is 2. The van der Waals surface area contributed by atoms with E-state index >= 15 is 0 Å². The van der Waals surface area contributed by atoms with Crippen molar-refractivity contribution in [3.05, 3.63) is 64.9 Å². The lowest BCUT2D eigenvalue weighted by Crippen LogP contribution is -2.19. The topological polar surface area (TPSA) is 78.0 Å². The number of fused-ring (bicyclic) bond motifs is 1. The molecular formula is C16H13ClN2O3. The predicted molar refractivity (Wildman–Crippen MR) is 84.7 cm³/mol. The zero-order chi connectivity index (χ0) is 15.5. The van der Waals surface area contributed by atoms with Crippen LogP contribution in [0.15, 0.2) is 57.9 Å². The SMILES string of the molecule is OCc1cc2cc(C(=Nc3cccc(Cl)c3)NO)ccc2o1. The van der Waals surface area contributed by atoms with Gasteiger partial charge in [-0.25, -0.2) is 4.99 Å². The minimum Gasteiger partial charge on any atom is -0.459 e. The molecule has 0 unspecified atom stereocenters. The third kappa shape index (κ3) is 2.96. The van der Waals surface area contributed by atoms with Crippen molar-refractivity contribution in [1.29, 1.82) is 0 Å². The maximum Gasteiger partial charge on any atom is 0.157 e. The van der Waals surface area contributed by atoms with E-state index in [9.17, 15) is 5.21 Å². The molecule has 3 aromatic rings. The first-order chi connectivity index (χ1) is 10.7. The van der Waals surface area contributed by atoms with Crippen molar-refractivity contribution in [3.63, 3.8) is 0 Å². The van der Waals surface area contributed by atoms with Gasteiger partial charge in [-0.15, -0.1) is 0 Å².